The van der Waals surface area contributed by atoms with E-state index in [2.05, 4.69) is 45.9 Å². The Morgan fingerprint density at radius 3 is 1.79 bits per heavy atom. The van der Waals surface area contributed by atoms with Crippen LogP contribution in [0, 0.1) is 11.3 Å². The summed E-state index contributed by atoms with van der Waals surface area (Å²) in [7, 11) is -0.516. The van der Waals surface area contributed by atoms with Gasteiger partial charge in [-0.25, -0.2) is 15.0 Å². The van der Waals surface area contributed by atoms with E-state index in [1.807, 2.05) is 103 Å². The first-order valence-electron chi connectivity index (χ1n) is 15.8. The SMILES string of the molecule is CC1(C)OB(c2cccc(-c3nc4ccccc4c4c3cc(C#N)c3nc(-c5ccccc5)c(-c5ccccc5)nc34)c2)OC1(C)C. The molecular formula is C40H31BN4O2. The molecule has 226 valence electrons. The van der Waals surface area contributed by atoms with Gasteiger partial charge in [0, 0.05) is 32.8 Å². The predicted molar refractivity (Wildman–Crippen MR) is 189 cm³/mol. The second kappa shape index (κ2) is 10.8. The van der Waals surface area contributed by atoms with Crippen molar-refractivity contribution < 1.29 is 9.31 Å². The lowest BCUT2D eigenvalue weighted by atomic mass is 9.78. The second-order valence-corrected chi connectivity index (χ2v) is 13.0. The van der Waals surface area contributed by atoms with Crippen LogP contribution in [0.2, 0.25) is 0 Å². The van der Waals surface area contributed by atoms with Crippen molar-refractivity contribution >= 4 is 45.3 Å². The Morgan fingerprint density at radius 1 is 0.574 bits per heavy atom. The molecule has 3 heterocycles. The third-order valence-corrected chi connectivity index (χ3v) is 9.51. The van der Waals surface area contributed by atoms with E-state index in [0.717, 1.165) is 60.9 Å². The van der Waals surface area contributed by atoms with Gasteiger partial charge < -0.3 is 9.31 Å². The first-order chi connectivity index (χ1) is 22.7. The van der Waals surface area contributed by atoms with Gasteiger partial charge in [0.25, 0.3) is 0 Å². The number of pyridine rings is 1. The van der Waals surface area contributed by atoms with Gasteiger partial charge in [-0.1, -0.05) is 103 Å². The number of hydrogen-bond acceptors (Lipinski definition) is 6. The minimum atomic E-state index is -0.516. The lowest BCUT2D eigenvalue weighted by molar-refractivity contribution is 0.00578. The Hall–Kier alpha value is -5.42. The van der Waals surface area contributed by atoms with Crippen LogP contribution in [0.25, 0.3) is 66.5 Å². The van der Waals surface area contributed by atoms with Crippen molar-refractivity contribution in [3.63, 3.8) is 0 Å². The predicted octanol–water partition coefficient (Wildman–Crippen LogP) is 8.50. The van der Waals surface area contributed by atoms with E-state index in [9.17, 15) is 5.26 Å². The number of hydrogen-bond donors (Lipinski definition) is 0. The maximum atomic E-state index is 10.5. The van der Waals surface area contributed by atoms with Crippen LogP contribution >= 0.6 is 0 Å². The highest BCUT2D eigenvalue weighted by Crippen LogP contribution is 2.41. The zero-order valence-electron chi connectivity index (χ0n) is 26.7. The molecule has 0 amide bonds. The molecule has 7 aromatic rings. The maximum Gasteiger partial charge on any atom is 0.494 e. The summed E-state index contributed by atoms with van der Waals surface area (Å²) >= 11 is 0. The lowest BCUT2D eigenvalue weighted by Crippen LogP contribution is -2.41. The molecule has 0 atom stereocenters. The standard InChI is InChI=1S/C40H31BN4O2/c1-39(2)40(3,4)47-41(46-39)29-19-13-18-27(22-29)34-31-23-28(24-42)37-38(33(31)30-20-11-12-21-32(30)43-34)45-36(26-16-9-6-10-17-26)35(44-37)25-14-7-5-8-15-25/h5-23H,1-4H3. The number of para-hydroxylation sites is 1. The van der Waals surface area contributed by atoms with Gasteiger partial charge in [-0.05, 0) is 45.3 Å². The number of nitrogens with zero attached hydrogens (tertiary/aromatic N) is 4. The van der Waals surface area contributed by atoms with Crippen LogP contribution in [0.4, 0.5) is 0 Å². The third-order valence-electron chi connectivity index (χ3n) is 9.51. The van der Waals surface area contributed by atoms with Crippen molar-refractivity contribution in [2.75, 3.05) is 0 Å². The Labute approximate surface area is 273 Å². The van der Waals surface area contributed by atoms with Gasteiger partial charge in [-0.15, -0.1) is 0 Å². The molecule has 0 radical (unpaired) electrons. The highest BCUT2D eigenvalue weighted by atomic mass is 16.7. The molecule has 1 aliphatic rings. The molecule has 0 bridgehead atoms. The second-order valence-electron chi connectivity index (χ2n) is 13.0. The fraction of sp³-hybridized carbons (Fsp3) is 0.150. The van der Waals surface area contributed by atoms with Crippen LogP contribution < -0.4 is 5.46 Å². The minimum Gasteiger partial charge on any atom is -0.399 e. The van der Waals surface area contributed by atoms with Crippen molar-refractivity contribution in [2.45, 2.75) is 38.9 Å². The molecule has 2 aromatic heterocycles. The summed E-state index contributed by atoms with van der Waals surface area (Å²) in [6.45, 7) is 8.21. The van der Waals surface area contributed by atoms with Crippen LogP contribution in [-0.4, -0.2) is 33.3 Å². The molecule has 0 N–H and O–H groups in total. The molecule has 47 heavy (non-hydrogen) atoms. The highest BCUT2D eigenvalue weighted by Gasteiger charge is 2.51. The van der Waals surface area contributed by atoms with Gasteiger partial charge in [0.1, 0.15) is 11.6 Å². The average Bonchev–Trinajstić information content (AvgIpc) is 3.33. The molecule has 1 saturated heterocycles. The van der Waals surface area contributed by atoms with Gasteiger partial charge >= 0.3 is 7.12 Å². The van der Waals surface area contributed by atoms with Crippen LogP contribution in [-0.2, 0) is 9.31 Å². The van der Waals surface area contributed by atoms with Crippen LogP contribution in [0.15, 0.2) is 115 Å². The Kier molecular flexibility index (Phi) is 6.69. The Bertz CT molecular complexity index is 2370. The zero-order valence-corrected chi connectivity index (χ0v) is 26.7. The number of fused-ring (bicyclic) bond motifs is 5. The van der Waals surface area contributed by atoms with Gasteiger partial charge in [0.15, 0.2) is 0 Å². The van der Waals surface area contributed by atoms with Crippen molar-refractivity contribution in [3.8, 4) is 39.8 Å². The van der Waals surface area contributed by atoms with E-state index >= 15 is 0 Å². The summed E-state index contributed by atoms with van der Waals surface area (Å²) in [6.07, 6.45) is 0. The molecule has 0 unspecified atom stereocenters. The molecule has 5 aromatic carbocycles. The van der Waals surface area contributed by atoms with Gasteiger partial charge in [-0.2, -0.15) is 5.26 Å². The highest BCUT2D eigenvalue weighted by molar-refractivity contribution is 6.62. The first-order valence-corrected chi connectivity index (χ1v) is 15.8. The van der Waals surface area contributed by atoms with Gasteiger partial charge in [0.05, 0.1) is 44.9 Å². The molecule has 6 nitrogen and oxygen atoms in total. The molecule has 1 aliphatic heterocycles. The fourth-order valence-corrected chi connectivity index (χ4v) is 6.34. The maximum absolute atomic E-state index is 10.5. The summed E-state index contributed by atoms with van der Waals surface area (Å²) in [5.74, 6) is 0. The van der Waals surface area contributed by atoms with Crippen LogP contribution in [0.1, 0.15) is 33.3 Å². The normalized spacial score (nSPS) is 15.3. The first kappa shape index (κ1) is 29.0. The summed E-state index contributed by atoms with van der Waals surface area (Å²) in [5.41, 5.74) is 7.50. The Morgan fingerprint density at radius 2 is 1.15 bits per heavy atom. The summed E-state index contributed by atoms with van der Waals surface area (Å²) in [4.78, 5) is 15.8. The lowest BCUT2D eigenvalue weighted by Gasteiger charge is -2.32. The van der Waals surface area contributed by atoms with Crippen molar-refractivity contribution in [1.82, 2.24) is 15.0 Å². The third kappa shape index (κ3) is 4.77. The van der Waals surface area contributed by atoms with Crippen LogP contribution in [0.5, 0.6) is 0 Å². The molecular weight excluding hydrogens is 579 g/mol. The minimum absolute atomic E-state index is 0.442. The largest absolute Gasteiger partial charge is 0.494 e. The van der Waals surface area contributed by atoms with Crippen LogP contribution in [0.3, 0.4) is 0 Å². The molecule has 0 aliphatic carbocycles. The summed E-state index contributed by atoms with van der Waals surface area (Å²) in [6, 6.07) is 40.7. The van der Waals surface area contributed by atoms with E-state index in [0.29, 0.717) is 16.6 Å². The Balaban J connectivity index is 1.44. The topological polar surface area (TPSA) is 80.9 Å². The number of benzene rings is 5. The van der Waals surface area contributed by atoms with Gasteiger partial charge in [0.2, 0.25) is 0 Å². The van der Waals surface area contributed by atoms with Crippen molar-refractivity contribution in [3.05, 3.63) is 121 Å². The van der Waals surface area contributed by atoms with E-state index < -0.39 is 18.3 Å². The summed E-state index contributed by atoms with van der Waals surface area (Å²) in [5, 5.41) is 13.2. The number of rotatable bonds is 4. The zero-order chi connectivity index (χ0) is 32.3. The van der Waals surface area contributed by atoms with E-state index in [1.54, 1.807) is 0 Å². The average molecular weight is 611 g/mol. The number of nitriles is 1. The molecule has 1 fully saturated rings. The quantitative estimate of drug-likeness (QED) is 0.147. The smallest absolute Gasteiger partial charge is 0.399 e. The van der Waals surface area contributed by atoms with Gasteiger partial charge in [-0.3, -0.25) is 0 Å². The molecule has 0 spiro atoms. The van der Waals surface area contributed by atoms with E-state index in [-0.39, 0.29) is 0 Å². The van der Waals surface area contributed by atoms with E-state index in [4.69, 9.17) is 24.3 Å². The molecule has 8 rings (SSSR count). The van der Waals surface area contributed by atoms with Crippen molar-refractivity contribution in [1.29, 1.82) is 5.26 Å². The monoisotopic (exact) mass is 610 g/mol. The molecule has 7 heteroatoms. The van der Waals surface area contributed by atoms with E-state index in [1.165, 1.54) is 0 Å². The summed E-state index contributed by atoms with van der Waals surface area (Å²) < 4.78 is 12.8. The molecule has 0 saturated carbocycles. The fourth-order valence-electron chi connectivity index (χ4n) is 6.34. The number of aromatic nitrogens is 3. The van der Waals surface area contributed by atoms with Crippen molar-refractivity contribution in [2.24, 2.45) is 0 Å².